The zero-order chi connectivity index (χ0) is 15.2. The van der Waals surface area contributed by atoms with Crippen molar-refractivity contribution in [3.05, 3.63) is 75.8 Å². The van der Waals surface area contributed by atoms with E-state index in [2.05, 4.69) is 10.5 Å². The minimum atomic E-state index is -0.479. The average Bonchev–Trinajstić information content (AvgIpc) is 2.53. The summed E-state index contributed by atoms with van der Waals surface area (Å²) in [5.74, 6) is -0.367. The molecule has 2 aromatic carbocycles. The van der Waals surface area contributed by atoms with Gasteiger partial charge in [0, 0.05) is 11.6 Å². The van der Waals surface area contributed by atoms with Crippen molar-refractivity contribution in [3.8, 4) is 0 Å². The maximum atomic E-state index is 11.8. The number of nitro benzene ring substituents is 1. The van der Waals surface area contributed by atoms with Gasteiger partial charge in [-0.3, -0.25) is 14.9 Å². The number of nitro groups is 1. The van der Waals surface area contributed by atoms with Crippen molar-refractivity contribution in [1.82, 2.24) is 5.43 Å². The van der Waals surface area contributed by atoms with Crippen LogP contribution in [-0.2, 0) is 0 Å². The number of hydrogen-bond donors (Lipinski definition) is 1. The number of hydrogen-bond acceptors (Lipinski definition) is 4. The Morgan fingerprint density at radius 3 is 2.38 bits per heavy atom. The molecule has 2 rings (SSSR count). The van der Waals surface area contributed by atoms with E-state index in [0.29, 0.717) is 16.8 Å². The van der Waals surface area contributed by atoms with E-state index < -0.39 is 4.92 Å². The number of para-hydroxylation sites is 1. The summed E-state index contributed by atoms with van der Waals surface area (Å²) in [6.07, 6.45) is 0. The fourth-order valence-corrected chi connectivity index (χ4v) is 1.79. The van der Waals surface area contributed by atoms with Gasteiger partial charge in [0.1, 0.15) is 0 Å². The predicted octanol–water partition coefficient (Wildman–Crippen LogP) is 2.75. The number of nitrogens with one attached hydrogen (secondary N) is 1. The molecule has 0 heterocycles. The highest BCUT2D eigenvalue weighted by molar-refractivity contribution is 6.03. The van der Waals surface area contributed by atoms with Gasteiger partial charge >= 0.3 is 0 Å². The van der Waals surface area contributed by atoms with E-state index in [0.717, 1.165) is 0 Å². The van der Waals surface area contributed by atoms with Crippen molar-refractivity contribution < 1.29 is 9.72 Å². The van der Waals surface area contributed by atoms with Gasteiger partial charge in [0.25, 0.3) is 11.6 Å². The number of benzene rings is 2. The second-order valence-corrected chi connectivity index (χ2v) is 4.28. The Morgan fingerprint density at radius 1 is 1.10 bits per heavy atom. The van der Waals surface area contributed by atoms with E-state index in [1.165, 1.54) is 6.07 Å². The van der Waals surface area contributed by atoms with Crippen LogP contribution in [0, 0.1) is 10.1 Å². The van der Waals surface area contributed by atoms with Gasteiger partial charge < -0.3 is 0 Å². The Bertz CT molecular complexity index is 696. The fraction of sp³-hybridized carbons (Fsp3) is 0.0667. The molecule has 0 unspecified atom stereocenters. The van der Waals surface area contributed by atoms with Crippen LogP contribution in [0.2, 0.25) is 0 Å². The third-order valence-corrected chi connectivity index (χ3v) is 2.85. The summed E-state index contributed by atoms with van der Waals surface area (Å²) >= 11 is 0. The van der Waals surface area contributed by atoms with Crippen molar-refractivity contribution in [2.45, 2.75) is 6.92 Å². The molecule has 0 spiro atoms. The summed E-state index contributed by atoms with van der Waals surface area (Å²) in [7, 11) is 0. The number of carbonyl (C=O) groups is 1. The van der Waals surface area contributed by atoms with E-state index in [9.17, 15) is 14.9 Å². The minimum absolute atomic E-state index is 0.0484. The first kappa shape index (κ1) is 14.4. The molecule has 0 fully saturated rings. The van der Waals surface area contributed by atoms with Crippen LogP contribution in [0.1, 0.15) is 22.8 Å². The molecule has 0 aliphatic carbocycles. The molecule has 6 heteroatoms. The Morgan fingerprint density at radius 2 is 1.71 bits per heavy atom. The van der Waals surface area contributed by atoms with Crippen molar-refractivity contribution in [2.24, 2.45) is 5.10 Å². The lowest BCUT2D eigenvalue weighted by atomic mass is 10.1. The van der Waals surface area contributed by atoms with Crippen LogP contribution < -0.4 is 5.43 Å². The van der Waals surface area contributed by atoms with E-state index in [1.54, 1.807) is 55.5 Å². The first-order valence-corrected chi connectivity index (χ1v) is 6.23. The SMILES string of the molecule is C/C(=N/NC(=O)c1ccccc1)c1ccccc1[N+](=O)[O-]. The molecule has 6 nitrogen and oxygen atoms in total. The summed E-state index contributed by atoms with van der Waals surface area (Å²) in [4.78, 5) is 22.3. The third-order valence-electron chi connectivity index (χ3n) is 2.85. The highest BCUT2D eigenvalue weighted by Gasteiger charge is 2.14. The van der Waals surface area contributed by atoms with Gasteiger partial charge in [-0.05, 0) is 25.1 Å². The number of carbonyl (C=O) groups excluding carboxylic acids is 1. The largest absolute Gasteiger partial charge is 0.278 e. The number of amides is 1. The van der Waals surface area contributed by atoms with Crippen LogP contribution >= 0.6 is 0 Å². The summed E-state index contributed by atoms with van der Waals surface area (Å²) < 4.78 is 0. The Labute approximate surface area is 121 Å². The fourth-order valence-electron chi connectivity index (χ4n) is 1.79. The first-order chi connectivity index (χ1) is 10.1. The van der Waals surface area contributed by atoms with Gasteiger partial charge in [0.2, 0.25) is 0 Å². The second kappa shape index (κ2) is 6.42. The molecule has 0 aromatic heterocycles. The molecule has 0 aliphatic rings. The van der Waals surface area contributed by atoms with Gasteiger partial charge in [-0.15, -0.1) is 0 Å². The van der Waals surface area contributed by atoms with Crippen LogP contribution in [0.4, 0.5) is 5.69 Å². The molecule has 106 valence electrons. The maximum Gasteiger partial charge on any atom is 0.278 e. The Balaban J connectivity index is 2.19. The minimum Gasteiger partial charge on any atom is -0.267 e. The van der Waals surface area contributed by atoms with E-state index in [-0.39, 0.29) is 11.6 Å². The lowest BCUT2D eigenvalue weighted by Gasteiger charge is -2.03. The summed E-state index contributed by atoms with van der Waals surface area (Å²) in [5, 5.41) is 14.9. The smallest absolute Gasteiger partial charge is 0.267 e. The van der Waals surface area contributed by atoms with Gasteiger partial charge in [-0.25, -0.2) is 5.43 Å². The summed E-state index contributed by atoms with van der Waals surface area (Å²) in [6, 6.07) is 14.9. The molecule has 0 saturated carbocycles. The highest BCUT2D eigenvalue weighted by Crippen LogP contribution is 2.18. The number of nitrogens with zero attached hydrogens (tertiary/aromatic N) is 2. The van der Waals surface area contributed by atoms with Gasteiger partial charge in [0.15, 0.2) is 0 Å². The molecule has 0 radical (unpaired) electrons. The molecule has 1 amide bonds. The molecular formula is C15H13N3O3. The monoisotopic (exact) mass is 283 g/mol. The van der Waals surface area contributed by atoms with Crippen LogP contribution in [0.25, 0.3) is 0 Å². The van der Waals surface area contributed by atoms with Crippen LogP contribution in [-0.4, -0.2) is 16.5 Å². The Kier molecular flexibility index (Phi) is 4.40. The van der Waals surface area contributed by atoms with Crippen molar-refractivity contribution in [1.29, 1.82) is 0 Å². The summed E-state index contributed by atoms with van der Waals surface area (Å²) in [5.41, 5.74) is 3.55. The topological polar surface area (TPSA) is 84.6 Å². The van der Waals surface area contributed by atoms with Crippen molar-refractivity contribution in [3.63, 3.8) is 0 Å². The molecular weight excluding hydrogens is 270 g/mol. The molecule has 1 N–H and O–H groups in total. The van der Waals surface area contributed by atoms with Crippen LogP contribution in [0.15, 0.2) is 59.7 Å². The summed E-state index contributed by atoms with van der Waals surface area (Å²) in [6.45, 7) is 1.60. The number of rotatable bonds is 4. The molecule has 0 bridgehead atoms. The van der Waals surface area contributed by atoms with Crippen LogP contribution in [0.3, 0.4) is 0 Å². The lowest BCUT2D eigenvalue weighted by Crippen LogP contribution is -2.19. The van der Waals surface area contributed by atoms with Crippen molar-refractivity contribution >= 4 is 17.3 Å². The zero-order valence-electron chi connectivity index (χ0n) is 11.3. The van der Waals surface area contributed by atoms with E-state index >= 15 is 0 Å². The average molecular weight is 283 g/mol. The second-order valence-electron chi connectivity index (χ2n) is 4.28. The van der Waals surface area contributed by atoms with Gasteiger partial charge in [-0.2, -0.15) is 5.10 Å². The predicted molar refractivity (Wildman–Crippen MR) is 79.2 cm³/mol. The van der Waals surface area contributed by atoms with Gasteiger partial charge in [0.05, 0.1) is 16.2 Å². The standard InChI is InChI=1S/C15H13N3O3/c1-11(13-9-5-6-10-14(13)18(20)21)16-17-15(19)12-7-3-2-4-8-12/h2-10H,1H3,(H,17,19)/b16-11-. The Hall–Kier alpha value is -3.02. The quantitative estimate of drug-likeness (QED) is 0.532. The van der Waals surface area contributed by atoms with E-state index in [1.807, 2.05) is 0 Å². The molecule has 0 saturated heterocycles. The van der Waals surface area contributed by atoms with Gasteiger partial charge in [-0.1, -0.05) is 30.3 Å². The van der Waals surface area contributed by atoms with Crippen LogP contribution in [0.5, 0.6) is 0 Å². The normalized spacial score (nSPS) is 11.0. The molecule has 0 atom stereocenters. The third kappa shape index (κ3) is 3.50. The highest BCUT2D eigenvalue weighted by atomic mass is 16.6. The lowest BCUT2D eigenvalue weighted by molar-refractivity contribution is -0.385. The first-order valence-electron chi connectivity index (χ1n) is 6.23. The molecule has 2 aromatic rings. The van der Waals surface area contributed by atoms with Crippen molar-refractivity contribution in [2.75, 3.05) is 0 Å². The number of hydrazone groups is 1. The molecule has 0 aliphatic heterocycles. The van der Waals surface area contributed by atoms with E-state index in [4.69, 9.17) is 0 Å². The zero-order valence-corrected chi connectivity index (χ0v) is 11.3. The molecule has 21 heavy (non-hydrogen) atoms. The maximum absolute atomic E-state index is 11.8.